The molecule has 5 nitrogen and oxygen atoms in total. The van der Waals surface area contributed by atoms with Gasteiger partial charge in [-0.15, -0.1) is 0 Å². The predicted molar refractivity (Wildman–Crippen MR) is 77.9 cm³/mol. The minimum atomic E-state index is -3.31. The van der Waals surface area contributed by atoms with Crippen LogP contribution in [0.2, 0.25) is 0 Å². The lowest BCUT2D eigenvalue weighted by Gasteiger charge is -2.35. The zero-order valence-corrected chi connectivity index (χ0v) is 12.7. The zero-order valence-electron chi connectivity index (χ0n) is 11.9. The molecule has 1 fully saturated rings. The van der Waals surface area contributed by atoms with Gasteiger partial charge in [-0.2, -0.15) is 0 Å². The lowest BCUT2D eigenvalue weighted by atomic mass is 10.0. The fraction of sp³-hybridized carbons (Fsp3) is 0.500. The smallest absolute Gasteiger partial charge is 0.257 e. The van der Waals surface area contributed by atoms with E-state index in [2.05, 4.69) is 4.72 Å². The van der Waals surface area contributed by atoms with E-state index in [4.69, 9.17) is 0 Å². The quantitative estimate of drug-likeness (QED) is 0.913. The molecule has 2 rings (SSSR count). The van der Waals surface area contributed by atoms with Crippen LogP contribution in [0.15, 0.2) is 24.3 Å². The van der Waals surface area contributed by atoms with Crippen LogP contribution in [-0.4, -0.2) is 44.6 Å². The Bertz CT molecular complexity index is 618. The summed E-state index contributed by atoms with van der Waals surface area (Å²) in [4.78, 5) is 14.0. The number of hydrogen-bond acceptors (Lipinski definition) is 3. The fourth-order valence-corrected chi connectivity index (χ4v) is 3.01. The number of halogens is 1. The van der Waals surface area contributed by atoms with Gasteiger partial charge in [-0.05, 0) is 31.4 Å². The molecule has 7 heteroatoms. The van der Waals surface area contributed by atoms with Crippen molar-refractivity contribution in [2.45, 2.75) is 25.3 Å². The molecule has 1 heterocycles. The molecule has 116 valence electrons. The Morgan fingerprint density at radius 1 is 1.38 bits per heavy atom. The van der Waals surface area contributed by atoms with Crippen molar-refractivity contribution < 1.29 is 17.6 Å². The van der Waals surface area contributed by atoms with Crippen molar-refractivity contribution in [3.05, 3.63) is 35.6 Å². The second-order valence-corrected chi connectivity index (χ2v) is 7.08. The van der Waals surface area contributed by atoms with Crippen molar-refractivity contribution >= 4 is 15.9 Å². The molecule has 1 aliphatic heterocycles. The van der Waals surface area contributed by atoms with Crippen molar-refractivity contribution in [3.63, 3.8) is 0 Å². The standard InChI is InChI=1S/C14H19FN2O3S/c1-21(19,20)16-10-11-6-4-5-9-17(11)14(18)12-7-2-3-8-13(12)15/h2-3,7-8,11,16H,4-6,9-10H2,1H3/t11-/m1/s1. The molecular formula is C14H19FN2O3S. The van der Waals surface area contributed by atoms with E-state index in [9.17, 15) is 17.6 Å². The van der Waals surface area contributed by atoms with Gasteiger partial charge < -0.3 is 4.90 Å². The van der Waals surface area contributed by atoms with E-state index in [-0.39, 0.29) is 24.1 Å². The van der Waals surface area contributed by atoms with Crippen LogP contribution in [0.4, 0.5) is 4.39 Å². The normalized spacial score (nSPS) is 19.5. The highest BCUT2D eigenvalue weighted by Gasteiger charge is 2.29. The molecule has 1 aliphatic rings. The summed E-state index contributed by atoms with van der Waals surface area (Å²) < 4.78 is 38.6. The molecule has 0 saturated carbocycles. The Kier molecular flexibility index (Phi) is 4.95. The van der Waals surface area contributed by atoms with Crippen LogP contribution >= 0.6 is 0 Å². The summed E-state index contributed by atoms with van der Waals surface area (Å²) in [7, 11) is -3.31. The van der Waals surface area contributed by atoms with Crippen molar-refractivity contribution in [3.8, 4) is 0 Å². The minimum absolute atomic E-state index is 0.0313. The summed E-state index contributed by atoms with van der Waals surface area (Å²) in [6.07, 6.45) is 3.56. The first-order valence-corrected chi connectivity index (χ1v) is 8.78. The van der Waals surface area contributed by atoms with Gasteiger partial charge in [-0.1, -0.05) is 12.1 Å². The Labute approximate surface area is 124 Å². The summed E-state index contributed by atoms with van der Waals surface area (Å²) in [5, 5.41) is 0. The van der Waals surface area contributed by atoms with Crippen molar-refractivity contribution in [1.82, 2.24) is 9.62 Å². The lowest BCUT2D eigenvalue weighted by molar-refractivity contribution is 0.0614. The van der Waals surface area contributed by atoms with Crippen molar-refractivity contribution in [2.24, 2.45) is 0 Å². The van der Waals surface area contributed by atoms with Crippen LogP contribution in [0.3, 0.4) is 0 Å². The Balaban J connectivity index is 2.15. The highest BCUT2D eigenvalue weighted by atomic mass is 32.2. The SMILES string of the molecule is CS(=O)(=O)NC[C@H]1CCCCN1C(=O)c1ccccc1F. The average Bonchev–Trinajstić information content (AvgIpc) is 2.44. The monoisotopic (exact) mass is 314 g/mol. The van der Waals surface area contributed by atoms with Crippen molar-refractivity contribution in [2.75, 3.05) is 19.3 Å². The third-order valence-electron chi connectivity index (χ3n) is 3.57. The molecule has 1 saturated heterocycles. The van der Waals surface area contributed by atoms with E-state index in [0.717, 1.165) is 19.1 Å². The molecule has 0 spiro atoms. The Hall–Kier alpha value is -1.47. The maximum absolute atomic E-state index is 13.7. The molecular weight excluding hydrogens is 295 g/mol. The first-order chi connectivity index (χ1) is 9.88. The number of benzene rings is 1. The van der Waals surface area contributed by atoms with Gasteiger partial charge in [0.2, 0.25) is 10.0 Å². The van der Waals surface area contributed by atoms with E-state index in [1.54, 1.807) is 11.0 Å². The average molecular weight is 314 g/mol. The number of nitrogens with one attached hydrogen (secondary N) is 1. The first-order valence-electron chi connectivity index (χ1n) is 6.88. The van der Waals surface area contributed by atoms with E-state index in [0.29, 0.717) is 13.0 Å². The van der Waals surface area contributed by atoms with E-state index in [1.807, 2.05) is 0 Å². The van der Waals surface area contributed by atoms with Gasteiger partial charge >= 0.3 is 0 Å². The topological polar surface area (TPSA) is 66.5 Å². The molecule has 21 heavy (non-hydrogen) atoms. The first kappa shape index (κ1) is 15.9. The van der Waals surface area contributed by atoms with Gasteiger partial charge in [-0.25, -0.2) is 17.5 Å². The molecule has 1 N–H and O–H groups in total. The molecule has 0 aromatic heterocycles. The summed E-state index contributed by atoms with van der Waals surface area (Å²) in [6.45, 7) is 0.683. The highest BCUT2D eigenvalue weighted by molar-refractivity contribution is 7.88. The largest absolute Gasteiger partial charge is 0.334 e. The van der Waals surface area contributed by atoms with Crippen LogP contribution in [0, 0.1) is 5.82 Å². The van der Waals surface area contributed by atoms with Crippen LogP contribution in [0.25, 0.3) is 0 Å². The summed E-state index contributed by atoms with van der Waals surface area (Å²) in [5.41, 5.74) is 0.0313. The third kappa shape index (κ3) is 4.25. The molecule has 0 unspecified atom stereocenters. The lowest BCUT2D eigenvalue weighted by Crippen LogP contribution is -2.49. The molecule has 0 radical (unpaired) electrons. The zero-order chi connectivity index (χ0) is 15.5. The molecule has 1 aromatic rings. The van der Waals surface area contributed by atoms with Gasteiger partial charge in [-0.3, -0.25) is 4.79 Å². The molecule has 0 aliphatic carbocycles. The number of carbonyl (C=O) groups is 1. The second-order valence-electron chi connectivity index (χ2n) is 5.25. The van der Waals surface area contributed by atoms with E-state index < -0.39 is 15.8 Å². The summed E-state index contributed by atoms with van der Waals surface area (Å²) in [5.74, 6) is -0.934. The second kappa shape index (κ2) is 6.53. The van der Waals surface area contributed by atoms with Crippen molar-refractivity contribution in [1.29, 1.82) is 0 Å². The van der Waals surface area contributed by atoms with Crippen LogP contribution in [0.1, 0.15) is 29.6 Å². The number of likely N-dealkylation sites (tertiary alicyclic amines) is 1. The number of carbonyl (C=O) groups excluding carboxylic acids is 1. The third-order valence-corrected chi connectivity index (χ3v) is 4.26. The number of sulfonamides is 1. The predicted octanol–water partition coefficient (Wildman–Crippen LogP) is 1.37. The molecule has 1 aromatic carbocycles. The number of nitrogens with zero attached hydrogens (tertiary/aromatic N) is 1. The van der Waals surface area contributed by atoms with Gasteiger partial charge in [0.25, 0.3) is 5.91 Å². The minimum Gasteiger partial charge on any atom is -0.334 e. The van der Waals surface area contributed by atoms with Gasteiger partial charge in [0.1, 0.15) is 5.82 Å². The maximum atomic E-state index is 13.7. The highest BCUT2D eigenvalue weighted by Crippen LogP contribution is 2.20. The number of hydrogen-bond donors (Lipinski definition) is 1. The Morgan fingerprint density at radius 3 is 2.76 bits per heavy atom. The molecule has 0 bridgehead atoms. The van der Waals surface area contributed by atoms with Gasteiger partial charge in [0.05, 0.1) is 11.8 Å². The summed E-state index contributed by atoms with van der Waals surface area (Å²) >= 11 is 0. The van der Waals surface area contributed by atoms with E-state index in [1.165, 1.54) is 18.2 Å². The number of piperidine rings is 1. The molecule has 1 atom stereocenters. The van der Waals surface area contributed by atoms with E-state index >= 15 is 0 Å². The van der Waals surface area contributed by atoms with Gasteiger partial charge in [0.15, 0.2) is 0 Å². The van der Waals surface area contributed by atoms with Crippen LogP contribution < -0.4 is 4.72 Å². The van der Waals surface area contributed by atoms with Crippen LogP contribution in [0.5, 0.6) is 0 Å². The molecule has 1 amide bonds. The number of rotatable bonds is 4. The van der Waals surface area contributed by atoms with Crippen LogP contribution in [-0.2, 0) is 10.0 Å². The maximum Gasteiger partial charge on any atom is 0.257 e. The summed E-state index contributed by atoms with van der Waals surface area (Å²) in [6, 6.07) is 5.61. The Morgan fingerprint density at radius 2 is 2.10 bits per heavy atom. The van der Waals surface area contributed by atoms with Gasteiger partial charge in [0, 0.05) is 19.1 Å². The number of amides is 1. The fourth-order valence-electron chi connectivity index (χ4n) is 2.52.